The molecule has 350 valence electrons. The number of phenols is 1. The van der Waals surface area contributed by atoms with E-state index in [-0.39, 0.29) is 61.8 Å². The van der Waals surface area contributed by atoms with E-state index in [4.69, 9.17) is 19.9 Å². The third-order valence-electron chi connectivity index (χ3n) is 9.96. The monoisotopic (exact) mass is 984 g/mol. The van der Waals surface area contributed by atoms with Crippen LogP contribution in [0.4, 0.5) is 45.5 Å². The fraction of sp³-hybridized carbons (Fsp3) is 0.0930. The average Bonchev–Trinajstić information content (AvgIpc) is 3.28. The lowest BCUT2D eigenvalue weighted by Crippen LogP contribution is -2.11. The first-order valence-electron chi connectivity index (χ1n) is 19.2. The number of nitrogen functional groups attached to an aromatic ring is 1. The van der Waals surface area contributed by atoms with Crippen LogP contribution in [-0.4, -0.2) is 71.3 Å². The summed E-state index contributed by atoms with van der Waals surface area (Å²) in [5.41, 5.74) is 7.31. The Kier molecular flexibility index (Phi) is 13.2. The van der Waals surface area contributed by atoms with E-state index in [0.717, 1.165) is 18.2 Å². The Morgan fingerprint density at radius 2 is 1.19 bits per heavy atom. The molecule has 0 atom stereocenters. The number of rotatable bonds is 14. The van der Waals surface area contributed by atoms with E-state index >= 15 is 0 Å². The van der Waals surface area contributed by atoms with Crippen LogP contribution in [0.1, 0.15) is 15.9 Å². The van der Waals surface area contributed by atoms with Gasteiger partial charge in [0.2, 0.25) is 0 Å². The third kappa shape index (κ3) is 10.4. The maximum Gasteiger partial charge on any atom is 0.296 e. The largest absolute Gasteiger partial charge is 0.506 e. The SMILES string of the molecule is COc1cc(N=Nc2ccc3cc(S(=O)(=O)O)cc(S(=O)(=O)O)c3c2)c(C)cc1N=Nc1cc(O)c(N=Nc2c(S(=O)(=O)O)cc3cc(NC(=O)c4ccc(N)cc4)ccc3c2OC)cc1OC. The molecule has 0 unspecified atom stereocenters. The number of nitrogens with two attached hydrogens (primary N) is 1. The molecule has 0 aromatic heterocycles. The number of carbonyl (C=O) groups is 1. The van der Waals surface area contributed by atoms with E-state index in [1.54, 1.807) is 37.3 Å². The van der Waals surface area contributed by atoms with Gasteiger partial charge >= 0.3 is 0 Å². The number of hydrogen-bond donors (Lipinski definition) is 6. The molecular formula is C43H36N8O14S3. The van der Waals surface area contributed by atoms with Crippen molar-refractivity contribution in [2.75, 3.05) is 32.4 Å². The van der Waals surface area contributed by atoms with Gasteiger partial charge in [-0.3, -0.25) is 18.5 Å². The molecule has 0 aliphatic carbocycles. The molecule has 0 aliphatic rings. The van der Waals surface area contributed by atoms with Gasteiger partial charge in [0.05, 0.1) is 37.6 Å². The van der Waals surface area contributed by atoms with E-state index in [2.05, 4.69) is 36.0 Å². The van der Waals surface area contributed by atoms with Gasteiger partial charge in [0.15, 0.2) is 5.75 Å². The van der Waals surface area contributed by atoms with E-state index in [1.165, 1.54) is 69.9 Å². The number of amides is 1. The van der Waals surface area contributed by atoms with Crippen LogP contribution in [0.3, 0.4) is 0 Å². The number of nitrogens with zero attached hydrogens (tertiary/aromatic N) is 6. The van der Waals surface area contributed by atoms with Crippen molar-refractivity contribution < 1.29 is 63.0 Å². The summed E-state index contributed by atoms with van der Waals surface area (Å²) in [6.07, 6.45) is 0. The first kappa shape index (κ1) is 48.0. The van der Waals surface area contributed by atoms with Crippen LogP contribution in [0.25, 0.3) is 21.5 Å². The summed E-state index contributed by atoms with van der Waals surface area (Å²) in [5.74, 6) is -0.846. The third-order valence-corrected chi connectivity index (χ3v) is 12.6. The summed E-state index contributed by atoms with van der Waals surface area (Å²) in [6, 6.07) is 23.0. The molecule has 0 spiro atoms. The van der Waals surface area contributed by atoms with Crippen molar-refractivity contribution in [3.05, 3.63) is 114 Å². The zero-order valence-corrected chi connectivity index (χ0v) is 38.1. The summed E-state index contributed by atoms with van der Waals surface area (Å²) >= 11 is 0. The second-order valence-electron chi connectivity index (χ2n) is 14.4. The average molecular weight is 985 g/mol. The molecule has 7 rings (SSSR count). The smallest absolute Gasteiger partial charge is 0.296 e. The molecule has 7 aromatic rings. The molecule has 68 heavy (non-hydrogen) atoms. The van der Waals surface area contributed by atoms with Gasteiger partial charge in [0.25, 0.3) is 36.3 Å². The van der Waals surface area contributed by atoms with Crippen molar-refractivity contribution in [3.8, 4) is 23.0 Å². The number of fused-ring (bicyclic) bond motifs is 2. The van der Waals surface area contributed by atoms with Gasteiger partial charge in [-0.05, 0) is 102 Å². The van der Waals surface area contributed by atoms with Crippen LogP contribution >= 0.6 is 0 Å². The Labute approximate surface area is 386 Å². The molecule has 22 nitrogen and oxygen atoms in total. The Bertz CT molecular complexity index is 3640. The second kappa shape index (κ2) is 18.7. The van der Waals surface area contributed by atoms with E-state index in [1.807, 2.05) is 0 Å². The van der Waals surface area contributed by atoms with Crippen LogP contribution in [0, 0.1) is 6.92 Å². The first-order chi connectivity index (χ1) is 32.1. The minimum atomic E-state index is -4.97. The topological polar surface area (TPSA) is 340 Å². The zero-order valence-electron chi connectivity index (χ0n) is 35.7. The molecule has 7 aromatic carbocycles. The summed E-state index contributed by atoms with van der Waals surface area (Å²) in [4.78, 5) is 10.6. The number of nitrogens with one attached hydrogen (secondary N) is 1. The molecule has 25 heteroatoms. The Morgan fingerprint density at radius 3 is 1.81 bits per heavy atom. The van der Waals surface area contributed by atoms with Crippen LogP contribution in [0.2, 0.25) is 0 Å². The lowest BCUT2D eigenvalue weighted by atomic mass is 10.1. The molecule has 0 saturated carbocycles. The summed E-state index contributed by atoms with van der Waals surface area (Å²) in [7, 11) is -10.8. The number of aromatic hydroxyl groups is 1. The lowest BCUT2D eigenvalue weighted by molar-refractivity contribution is 0.102. The number of carbonyl (C=O) groups excluding carboxylic acids is 1. The number of methoxy groups -OCH3 is 3. The minimum absolute atomic E-state index is 0.0119. The molecular weight excluding hydrogens is 949 g/mol. The van der Waals surface area contributed by atoms with E-state index in [9.17, 15) is 48.8 Å². The second-order valence-corrected chi connectivity index (χ2v) is 18.6. The van der Waals surface area contributed by atoms with E-state index < -0.39 is 62.4 Å². The van der Waals surface area contributed by atoms with Gasteiger partial charge in [-0.2, -0.15) is 35.5 Å². The van der Waals surface area contributed by atoms with Crippen LogP contribution in [0.5, 0.6) is 23.0 Å². The Balaban J connectivity index is 1.16. The molecule has 0 fully saturated rings. The van der Waals surface area contributed by atoms with Crippen molar-refractivity contribution in [2.24, 2.45) is 30.7 Å². The highest BCUT2D eigenvalue weighted by Gasteiger charge is 2.25. The van der Waals surface area contributed by atoms with E-state index in [0.29, 0.717) is 34.0 Å². The number of anilines is 2. The molecule has 0 heterocycles. The van der Waals surface area contributed by atoms with Gasteiger partial charge in [0.1, 0.15) is 49.8 Å². The summed E-state index contributed by atoms with van der Waals surface area (Å²) < 4.78 is 119. The standard InChI is InChI=1S/C43H36N8O14S3/c1-22-13-34(37(63-2)20-32(22)47-46-28-10-7-24-15-29(66(54,55)56)18-39(31(24)17-28)67(57,58)59)49-50-35-19-36(52)33(21-38(35)64-3)48-51-41-40(68(60,61)62)16-25-14-27(11-12-30(25)42(41)65-4)45-43(53)23-5-8-26(44)9-6-23/h5-21,52H,44H2,1-4H3,(H,45,53)(H,54,55,56)(H,57,58,59)(H,60,61,62). The zero-order chi connectivity index (χ0) is 49.3. The van der Waals surface area contributed by atoms with Crippen LogP contribution in [-0.2, 0) is 30.4 Å². The molecule has 0 saturated heterocycles. The van der Waals surface area contributed by atoms with Crippen LogP contribution in [0.15, 0.2) is 149 Å². The van der Waals surface area contributed by atoms with Crippen molar-refractivity contribution in [3.63, 3.8) is 0 Å². The van der Waals surface area contributed by atoms with Crippen molar-refractivity contribution in [2.45, 2.75) is 21.6 Å². The van der Waals surface area contributed by atoms with Gasteiger partial charge in [-0.25, -0.2) is 0 Å². The Hall–Kier alpha value is -7.94. The first-order valence-corrected chi connectivity index (χ1v) is 23.6. The fourth-order valence-electron chi connectivity index (χ4n) is 6.66. The summed E-state index contributed by atoms with van der Waals surface area (Å²) in [6.45, 7) is 1.67. The molecule has 1 amide bonds. The van der Waals surface area contributed by atoms with Gasteiger partial charge in [0, 0.05) is 45.9 Å². The van der Waals surface area contributed by atoms with Crippen LogP contribution < -0.4 is 25.3 Å². The lowest BCUT2D eigenvalue weighted by Gasteiger charge is -2.14. The normalized spacial score (nSPS) is 12.4. The number of azo groups is 3. The van der Waals surface area contributed by atoms with Crippen molar-refractivity contribution >= 4 is 103 Å². The maximum atomic E-state index is 12.8. The predicted octanol–water partition coefficient (Wildman–Crippen LogP) is 9.85. The highest BCUT2D eigenvalue weighted by atomic mass is 32.2. The molecule has 7 N–H and O–H groups in total. The van der Waals surface area contributed by atoms with Crippen molar-refractivity contribution in [1.29, 1.82) is 0 Å². The van der Waals surface area contributed by atoms with Gasteiger partial charge in [-0.1, -0.05) is 6.07 Å². The highest BCUT2D eigenvalue weighted by molar-refractivity contribution is 7.87. The predicted molar refractivity (Wildman–Crippen MR) is 248 cm³/mol. The highest BCUT2D eigenvalue weighted by Crippen LogP contribution is 2.46. The number of phenolic OH excluding ortho intramolecular Hbond substituents is 1. The minimum Gasteiger partial charge on any atom is -0.506 e. The maximum absolute atomic E-state index is 12.8. The van der Waals surface area contributed by atoms with Gasteiger partial charge < -0.3 is 30.4 Å². The number of hydrogen-bond acceptors (Lipinski definition) is 18. The fourth-order valence-corrected chi connectivity index (χ4v) is 8.67. The van der Waals surface area contributed by atoms with Crippen molar-refractivity contribution in [1.82, 2.24) is 0 Å². The molecule has 0 bridgehead atoms. The Morgan fingerprint density at radius 1 is 0.574 bits per heavy atom. The number of ether oxygens (including phenoxy) is 3. The quantitative estimate of drug-likeness (QED) is 0.0335. The number of benzene rings is 7. The van der Waals surface area contributed by atoms with Gasteiger partial charge in [-0.15, -0.1) is 20.5 Å². The summed E-state index contributed by atoms with van der Waals surface area (Å²) in [5, 5.41) is 39.3. The molecule has 0 radical (unpaired) electrons. The number of aryl methyl sites for hydroxylation is 1. The molecule has 0 aliphatic heterocycles.